The molecule has 0 aliphatic heterocycles. The van der Waals surface area contributed by atoms with Gasteiger partial charge in [-0.2, -0.15) is 0 Å². The van der Waals surface area contributed by atoms with Crippen molar-refractivity contribution in [2.75, 3.05) is 7.05 Å². The van der Waals surface area contributed by atoms with Crippen molar-refractivity contribution in [3.63, 3.8) is 0 Å². The lowest BCUT2D eigenvalue weighted by Crippen LogP contribution is -2.41. The van der Waals surface area contributed by atoms with Crippen LogP contribution in [0.25, 0.3) is 0 Å². The van der Waals surface area contributed by atoms with E-state index in [1.54, 1.807) is 7.05 Å². The van der Waals surface area contributed by atoms with Crippen molar-refractivity contribution in [2.45, 2.75) is 66.0 Å². The molecule has 1 rings (SSSR count). The molecule has 1 heterocycles. The van der Waals surface area contributed by atoms with Crippen molar-refractivity contribution >= 4 is 29.9 Å². The Bertz CT molecular complexity index is 443. The Labute approximate surface area is 151 Å². The topological polar surface area (TPSA) is 62.5 Å². The van der Waals surface area contributed by atoms with E-state index in [-0.39, 0.29) is 24.0 Å². The van der Waals surface area contributed by atoms with Gasteiger partial charge < -0.3 is 15.2 Å². The molecule has 5 nitrogen and oxygen atoms in total. The molecule has 0 bridgehead atoms. The van der Waals surface area contributed by atoms with Gasteiger partial charge in [-0.25, -0.2) is 0 Å². The Balaban J connectivity index is 0.00000441. The van der Waals surface area contributed by atoms with Crippen LogP contribution in [0.5, 0.6) is 0 Å². The first-order valence-electron chi connectivity index (χ1n) is 7.85. The van der Waals surface area contributed by atoms with Crippen molar-refractivity contribution in [2.24, 2.45) is 10.9 Å². The second-order valence-electron chi connectivity index (χ2n) is 6.32. The molecule has 0 aliphatic carbocycles. The summed E-state index contributed by atoms with van der Waals surface area (Å²) in [6, 6.07) is 2.40. The fourth-order valence-electron chi connectivity index (χ4n) is 1.94. The summed E-state index contributed by atoms with van der Waals surface area (Å²) in [7, 11) is 1.78. The zero-order chi connectivity index (χ0) is 15.8. The molecule has 0 saturated heterocycles. The van der Waals surface area contributed by atoms with Crippen molar-refractivity contribution < 1.29 is 4.52 Å². The van der Waals surface area contributed by atoms with Crippen LogP contribution in [-0.2, 0) is 6.54 Å². The molecule has 0 saturated carbocycles. The number of hydrogen-bond acceptors (Lipinski definition) is 3. The average Bonchev–Trinajstić information content (AvgIpc) is 2.90. The number of halogens is 1. The SMILES string of the molecule is CN=C(NCc1cc(C(C)C)no1)NC(C)CCC(C)C.I. The van der Waals surface area contributed by atoms with E-state index in [0.717, 1.165) is 29.8 Å². The fourth-order valence-corrected chi connectivity index (χ4v) is 1.94. The molecule has 1 unspecified atom stereocenters. The number of aliphatic imine (C=N–C) groups is 1. The molecule has 2 N–H and O–H groups in total. The van der Waals surface area contributed by atoms with Crippen molar-refractivity contribution in [1.29, 1.82) is 0 Å². The van der Waals surface area contributed by atoms with Crippen LogP contribution >= 0.6 is 24.0 Å². The van der Waals surface area contributed by atoms with Crippen molar-refractivity contribution in [1.82, 2.24) is 15.8 Å². The highest BCUT2D eigenvalue weighted by Crippen LogP contribution is 2.13. The van der Waals surface area contributed by atoms with Crippen molar-refractivity contribution in [3.8, 4) is 0 Å². The number of guanidine groups is 1. The fraction of sp³-hybridized carbons (Fsp3) is 0.750. The second-order valence-corrected chi connectivity index (χ2v) is 6.32. The standard InChI is InChI=1S/C16H30N4O.HI/c1-11(2)7-8-13(5)19-16(17-6)18-10-14-9-15(12(3)4)20-21-14;/h9,11-13H,7-8,10H2,1-6H3,(H2,17,18,19);1H. The van der Waals surface area contributed by atoms with Gasteiger partial charge in [-0.05, 0) is 31.6 Å². The molecule has 1 aromatic rings. The van der Waals surface area contributed by atoms with Crippen LogP contribution in [0.3, 0.4) is 0 Å². The van der Waals surface area contributed by atoms with Crippen molar-refractivity contribution in [3.05, 3.63) is 17.5 Å². The minimum Gasteiger partial charge on any atom is -0.359 e. The van der Waals surface area contributed by atoms with Gasteiger partial charge in [0.2, 0.25) is 0 Å². The molecule has 22 heavy (non-hydrogen) atoms. The van der Waals surface area contributed by atoms with E-state index in [1.165, 1.54) is 6.42 Å². The van der Waals surface area contributed by atoms with E-state index in [1.807, 2.05) is 6.07 Å². The zero-order valence-electron chi connectivity index (χ0n) is 14.6. The lowest BCUT2D eigenvalue weighted by molar-refractivity contribution is 0.371. The normalized spacial score (nSPS) is 13.2. The summed E-state index contributed by atoms with van der Waals surface area (Å²) < 4.78 is 5.31. The van der Waals surface area contributed by atoms with Crippen LogP contribution in [0.2, 0.25) is 0 Å². The van der Waals surface area contributed by atoms with Crippen LogP contribution in [0, 0.1) is 5.92 Å². The molecular weight excluding hydrogens is 391 g/mol. The van der Waals surface area contributed by atoms with Gasteiger partial charge in [0.15, 0.2) is 11.7 Å². The van der Waals surface area contributed by atoms with Gasteiger partial charge in [0.05, 0.1) is 12.2 Å². The number of nitrogens with one attached hydrogen (secondary N) is 2. The monoisotopic (exact) mass is 422 g/mol. The van der Waals surface area contributed by atoms with Gasteiger partial charge in [-0.3, -0.25) is 4.99 Å². The Morgan fingerprint density at radius 3 is 2.41 bits per heavy atom. The molecule has 0 radical (unpaired) electrons. The highest BCUT2D eigenvalue weighted by molar-refractivity contribution is 14.0. The maximum Gasteiger partial charge on any atom is 0.191 e. The van der Waals surface area contributed by atoms with E-state index < -0.39 is 0 Å². The first-order chi connectivity index (χ1) is 9.92. The van der Waals surface area contributed by atoms with Crippen LogP contribution < -0.4 is 10.6 Å². The van der Waals surface area contributed by atoms with E-state index >= 15 is 0 Å². The molecule has 0 fully saturated rings. The maximum absolute atomic E-state index is 5.31. The third-order valence-corrected chi connectivity index (χ3v) is 3.38. The average molecular weight is 422 g/mol. The molecule has 1 atom stereocenters. The smallest absolute Gasteiger partial charge is 0.191 e. The Morgan fingerprint density at radius 1 is 1.23 bits per heavy atom. The number of rotatable bonds is 7. The van der Waals surface area contributed by atoms with E-state index in [2.05, 4.69) is 55.4 Å². The minimum absolute atomic E-state index is 0. The molecule has 0 spiro atoms. The number of aromatic nitrogens is 1. The van der Waals surface area contributed by atoms with Gasteiger partial charge in [0.1, 0.15) is 0 Å². The van der Waals surface area contributed by atoms with Gasteiger partial charge in [-0.1, -0.05) is 32.9 Å². The van der Waals surface area contributed by atoms with Gasteiger partial charge in [0, 0.05) is 19.2 Å². The quantitative estimate of drug-likeness (QED) is 0.398. The zero-order valence-corrected chi connectivity index (χ0v) is 17.0. The first-order valence-corrected chi connectivity index (χ1v) is 7.85. The summed E-state index contributed by atoms with van der Waals surface area (Å²) in [5.41, 5.74) is 0.986. The lowest BCUT2D eigenvalue weighted by Gasteiger charge is -2.18. The summed E-state index contributed by atoms with van der Waals surface area (Å²) in [6.45, 7) is 11.5. The minimum atomic E-state index is 0. The summed E-state index contributed by atoms with van der Waals surface area (Å²) in [6.07, 6.45) is 2.35. The predicted octanol–water partition coefficient (Wildman–Crippen LogP) is 3.91. The van der Waals surface area contributed by atoms with E-state index in [4.69, 9.17) is 4.52 Å². The highest BCUT2D eigenvalue weighted by Gasteiger charge is 2.09. The summed E-state index contributed by atoms with van der Waals surface area (Å²) in [5, 5.41) is 10.7. The first kappa shape index (κ1) is 21.2. The maximum atomic E-state index is 5.31. The number of nitrogens with zero attached hydrogens (tertiary/aromatic N) is 2. The third-order valence-electron chi connectivity index (χ3n) is 3.38. The highest BCUT2D eigenvalue weighted by atomic mass is 127. The Kier molecular flexibility index (Phi) is 10.5. The van der Waals surface area contributed by atoms with Crippen LogP contribution in [0.15, 0.2) is 15.6 Å². The second kappa shape index (κ2) is 10.9. The summed E-state index contributed by atoms with van der Waals surface area (Å²) in [4.78, 5) is 4.24. The molecule has 6 heteroatoms. The largest absolute Gasteiger partial charge is 0.359 e. The molecule has 128 valence electrons. The van der Waals surface area contributed by atoms with Crippen LogP contribution in [0.1, 0.15) is 64.8 Å². The molecular formula is C16H31IN4O. The molecule has 0 amide bonds. The molecule has 1 aromatic heterocycles. The van der Waals surface area contributed by atoms with Crippen LogP contribution in [0.4, 0.5) is 0 Å². The van der Waals surface area contributed by atoms with Gasteiger partial charge in [0.25, 0.3) is 0 Å². The Hall–Kier alpha value is -0.790. The van der Waals surface area contributed by atoms with E-state index in [0.29, 0.717) is 18.5 Å². The third kappa shape index (κ3) is 8.00. The Morgan fingerprint density at radius 2 is 1.91 bits per heavy atom. The molecule has 0 aliphatic rings. The number of hydrogen-bond donors (Lipinski definition) is 2. The lowest BCUT2D eigenvalue weighted by atomic mass is 10.0. The van der Waals surface area contributed by atoms with Gasteiger partial charge >= 0.3 is 0 Å². The van der Waals surface area contributed by atoms with E-state index in [9.17, 15) is 0 Å². The van der Waals surface area contributed by atoms with Gasteiger partial charge in [-0.15, -0.1) is 24.0 Å². The predicted molar refractivity (Wildman–Crippen MR) is 103 cm³/mol. The summed E-state index contributed by atoms with van der Waals surface area (Å²) >= 11 is 0. The molecule has 0 aromatic carbocycles. The summed E-state index contributed by atoms with van der Waals surface area (Å²) in [5.74, 6) is 2.74. The van der Waals surface area contributed by atoms with Crippen LogP contribution in [-0.4, -0.2) is 24.2 Å².